The predicted octanol–water partition coefficient (Wildman–Crippen LogP) is 2.46. The lowest BCUT2D eigenvalue weighted by molar-refractivity contribution is 0.922. The fourth-order valence-corrected chi connectivity index (χ4v) is 1.39. The number of hydrogen-bond acceptors (Lipinski definition) is 2. The minimum absolute atomic E-state index is 0.695. The topological polar surface area (TPSA) is 38.0 Å². The first-order valence-electron chi connectivity index (χ1n) is 4.52. The van der Waals surface area contributed by atoms with Crippen LogP contribution in [0, 0.1) is 6.92 Å². The number of nitrogens with one attached hydrogen (secondary N) is 1. The third kappa shape index (κ3) is 2.76. The Morgan fingerprint density at radius 1 is 1.50 bits per heavy atom. The van der Waals surface area contributed by atoms with E-state index in [0.717, 1.165) is 23.4 Å². The van der Waals surface area contributed by atoms with Crippen LogP contribution in [-0.4, -0.2) is 13.6 Å². The van der Waals surface area contributed by atoms with Crippen LogP contribution in [0.1, 0.15) is 11.1 Å². The maximum atomic E-state index is 6.03. The van der Waals surface area contributed by atoms with Crippen LogP contribution >= 0.6 is 11.6 Å². The first kappa shape index (κ1) is 11.1. The molecule has 76 valence electrons. The lowest BCUT2D eigenvalue weighted by Crippen LogP contribution is -2.03. The number of rotatable bonds is 3. The zero-order valence-corrected chi connectivity index (χ0v) is 9.23. The number of aryl methyl sites for hydroxylation is 1. The highest BCUT2D eigenvalue weighted by molar-refractivity contribution is 6.32. The van der Waals surface area contributed by atoms with Crippen molar-refractivity contribution < 1.29 is 0 Å². The molecule has 0 saturated heterocycles. The van der Waals surface area contributed by atoms with Gasteiger partial charge >= 0.3 is 0 Å². The molecule has 0 radical (unpaired) electrons. The molecule has 0 atom stereocenters. The van der Waals surface area contributed by atoms with Gasteiger partial charge in [-0.1, -0.05) is 23.8 Å². The highest BCUT2D eigenvalue weighted by atomic mass is 35.5. The second-order valence-electron chi connectivity index (χ2n) is 3.19. The zero-order valence-electron chi connectivity index (χ0n) is 8.47. The molecule has 0 saturated carbocycles. The standard InChI is InChI=1S/C11H15ClN2/c1-8-6-9(4-3-5-14-2)10(12)7-11(8)13/h3-4,6-7,14H,5,13H2,1-2H3. The number of nitrogens with two attached hydrogens (primary N) is 1. The van der Waals surface area contributed by atoms with E-state index in [2.05, 4.69) is 5.32 Å². The monoisotopic (exact) mass is 210 g/mol. The van der Waals surface area contributed by atoms with Gasteiger partial charge in [0.15, 0.2) is 0 Å². The van der Waals surface area contributed by atoms with Gasteiger partial charge in [0.05, 0.1) is 0 Å². The molecule has 0 aromatic heterocycles. The largest absolute Gasteiger partial charge is 0.398 e. The van der Waals surface area contributed by atoms with Crippen LogP contribution in [0.15, 0.2) is 18.2 Å². The van der Waals surface area contributed by atoms with Gasteiger partial charge in [-0.25, -0.2) is 0 Å². The van der Waals surface area contributed by atoms with Gasteiger partial charge in [-0.05, 0) is 37.2 Å². The van der Waals surface area contributed by atoms with E-state index in [0.29, 0.717) is 5.02 Å². The molecule has 0 aliphatic carbocycles. The Labute approximate surface area is 89.8 Å². The molecule has 0 spiro atoms. The predicted molar refractivity (Wildman–Crippen MR) is 63.6 cm³/mol. The first-order valence-corrected chi connectivity index (χ1v) is 4.89. The molecule has 0 heterocycles. The van der Waals surface area contributed by atoms with Gasteiger partial charge in [-0.15, -0.1) is 0 Å². The summed E-state index contributed by atoms with van der Waals surface area (Å²) in [5.74, 6) is 0. The van der Waals surface area contributed by atoms with Gasteiger partial charge in [-0.3, -0.25) is 0 Å². The fourth-order valence-electron chi connectivity index (χ4n) is 1.15. The lowest BCUT2D eigenvalue weighted by atomic mass is 10.1. The molecule has 0 aliphatic heterocycles. The van der Waals surface area contributed by atoms with Crippen LogP contribution in [-0.2, 0) is 0 Å². The molecule has 3 N–H and O–H groups in total. The molecule has 0 unspecified atom stereocenters. The second-order valence-corrected chi connectivity index (χ2v) is 3.60. The van der Waals surface area contributed by atoms with E-state index in [9.17, 15) is 0 Å². The average molecular weight is 211 g/mol. The molecule has 0 aliphatic rings. The van der Waals surface area contributed by atoms with E-state index in [4.69, 9.17) is 17.3 Å². The molecule has 1 rings (SSSR count). The molecule has 0 amide bonds. The van der Waals surface area contributed by atoms with Crippen molar-refractivity contribution in [3.05, 3.63) is 34.4 Å². The maximum absolute atomic E-state index is 6.03. The SMILES string of the molecule is CNCC=Cc1cc(C)c(N)cc1Cl. The number of anilines is 1. The van der Waals surface area contributed by atoms with E-state index < -0.39 is 0 Å². The Bertz CT molecular complexity index is 345. The van der Waals surface area contributed by atoms with Crippen molar-refractivity contribution in [1.29, 1.82) is 0 Å². The van der Waals surface area contributed by atoms with Crippen molar-refractivity contribution in [3.63, 3.8) is 0 Å². The number of benzene rings is 1. The number of halogens is 1. The summed E-state index contributed by atoms with van der Waals surface area (Å²) in [5, 5.41) is 3.72. The molecule has 2 nitrogen and oxygen atoms in total. The summed E-state index contributed by atoms with van der Waals surface area (Å²) in [5.41, 5.74) is 8.52. The molecule has 14 heavy (non-hydrogen) atoms. The van der Waals surface area contributed by atoms with Gasteiger partial charge in [0.1, 0.15) is 0 Å². The van der Waals surface area contributed by atoms with Crippen molar-refractivity contribution >= 4 is 23.4 Å². The average Bonchev–Trinajstić information content (AvgIpc) is 2.14. The third-order valence-electron chi connectivity index (χ3n) is 2.00. The molecular weight excluding hydrogens is 196 g/mol. The molecule has 3 heteroatoms. The summed E-state index contributed by atoms with van der Waals surface area (Å²) in [6, 6.07) is 3.78. The molecular formula is C11H15ClN2. The van der Waals surface area contributed by atoms with Gasteiger partial charge in [-0.2, -0.15) is 0 Å². The van der Waals surface area contributed by atoms with Crippen LogP contribution in [0.4, 0.5) is 5.69 Å². The van der Waals surface area contributed by atoms with E-state index in [-0.39, 0.29) is 0 Å². The number of hydrogen-bond donors (Lipinski definition) is 2. The molecule has 1 aromatic carbocycles. The van der Waals surface area contributed by atoms with E-state index in [1.165, 1.54) is 0 Å². The second kappa shape index (κ2) is 5.03. The first-order chi connectivity index (χ1) is 6.65. The van der Waals surface area contributed by atoms with Crippen LogP contribution in [0.2, 0.25) is 5.02 Å². The summed E-state index contributed by atoms with van der Waals surface area (Å²) in [4.78, 5) is 0. The minimum Gasteiger partial charge on any atom is -0.398 e. The van der Waals surface area contributed by atoms with Crippen molar-refractivity contribution in [1.82, 2.24) is 5.32 Å². The van der Waals surface area contributed by atoms with E-state index >= 15 is 0 Å². The van der Waals surface area contributed by atoms with Crippen molar-refractivity contribution in [2.75, 3.05) is 19.3 Å². The third-order valence-corrected chi connectivity index (χ3v) is 2.33. The van der Waals surface area contributed by atoms with E-state index in [1.807, 2.05) is 32.2 Å². The highest BCUT2D eigenvalue weighted by Gasteiger charge is 2.00. The number of nitrogen functional groups attached to an aromatic ring is 1. The maximum Gasteiger partial charge on any atom is 0.0498 e. The molecule has 0 fully saturated rings. The Kier molecular flexibility index (Phi) is 3.98. The Balaban J connectivity index is 2.92. The van der Waals surface area contributed by atoms with Crippen molar-refractivity contribution in [2.24, 2.45) is 0 Å². The quantitative estimate of drug-likeness (QED) is 0.753. The summed E-state index contributed by atoms with van der Waals surface area (Å²) in [6.07, 6.45) is 4.02. The van der Waals surface area contributed by atoms with Crippen molar-refractivity contribution in [2.45, 2.75) is 6.92 Å². The van der Waals surface area contributed by atoms with Crippen LogP contribution in [0.5, 0.6) is 0 Å². The smallest absolute Gasteiger partial charge is 0.0498 e. The Morgan fingerprint density at radius 2 is 2.21 bits per heavy atom. The zero-order chi connectivity index (χ0) is 10.6. The molecule has 0 bridgehead atoms. The summed E-state index contributed by atoms with van der Waals surface area (Å²) in [6.45, 7) is 2.81. The lowest BCUT2D eigenvalue weighted by Gasteiger charge is -2.04. The van der Waals surface area contributed by atoms with Gasteiger partial charge in [0.2, 0.25) is 0 Å². The minimum atomic E-state index is 0.695. The Morgan fingerprint density at radius 3 is 2.86 bits per heavy atom. The summed E-state index contributed by atoms with van der Waals surface area (Å²) >= 11 is 6.03. The number of likely N-dealkylation sites (N-methyl/N-ethyl adjacent to an activating group) is 1. The van der Waals surface area contributed by atoms with Gasteiger partial charge < -0.3 is 11.1 Å². The fraction of sp³-hybridized carbons (Fsp3) is 0.273. The normalized spacial score (nSPS) is 11.1. The summed E-state index contributed by atoms with van der Waals surface area (Å²) in [7, 11) is 1.90. The van der Waals surface area contributed by atoms with Crippen LogP contribution in [0.25, 0.3) is 6.08 Å². The Hall–Kier alpha value is -0.990. The molecule has 1 aromatic rings. The van der Waals surface area contributed by atoms with Crippen LogP contribution < -0.4 is 11.1 Å². The van der Waals surface area contributed by atoms with Crippen LogP contribution in [0.3, 0.4) is 0 Å². The van der Waals surface area contributed by atoms with Crippen molar-refractivity contribution in [3.8, 4) is 0 Å². The van der Waals surface area contributed by atoms with E-state index in [1.54, 1.807) is 6.07 Å². The van der Waals surface area contributed by atoms with Gasteiger partial charge in [0, 0.05) is 17.3 Å². The summed E-state index contributed by atoms with van der Waals surface area (Å²) < 4.78 is 0. The van der Waals surface area contributed by atoms with Gasteiger partial charge in [0.25, 0.3) is 0 Å². The highest BCUT2D eigenvalue weighted by Crippen LogP contribution is 2.23.